The van der Waals surface area contributed by atoms with Crippen LogP contribution in [0.15, 0.2) is 47.5 Å². The molecular weight excluding hydrogens is 555 g/mol. The molecule has 1 aliphatic rings. The lowest BCUT2D eigenvalue weighted by atomic mass is 9.95. The molecule has 0 saturated heterocycles. The molecule has 0 atom stereocenters. The predicted octanol–water partition coefficient (Wildman–Crippen LogP) is 6.90. The second kappa shape index (κ2) is 10.5. The van der Waals surface area contributed by atoms with E-state index in [-0.39, 0.29) is 12.5 Å². The molecule has 32 heavy (non-hydrogen) atoms. The third-order valence-corrected chi connectivity index (χ3v) is 7.29. The molecule has 1 aliphatic carbocycles. The van der Waals surface area contributed by atoms with Crippen LogP contribution in [0.25, 0.3) is 0 Å². The van der Waals surface area contributed by atoms with Crippen molar-refractivity contribution in [3.8, 4) is 18.1 Å². The number of benzene rings is 2. The number of nitrogens with one attached hydrogen (secondary N) is 1. The number of nitrogens with zero attached hydrogens (tertiary/aromatic N) is 1. The maximum absolute atomic E-state index is 13.2. The summed E-state index contributed by atoms with van der Waals surface area (Å²) in [7, 11) is 0. The van der Waals surface area contributed by atoms with Crippen LogP contribution < -0.4 is 10.1 Å². The molecule has 1 N–H and O–H groups in total. The average Bonchev–Trinajstić information content (AvgIpc) is 3.16. The molecule has 1 amide bonds. The Hall–Kier alpha value is -2.34. The summed E-state index contributed by atoms with van der Waals surface area (Å²) < 4.78 is 6.58. The number of halogens is 2. The normalized spacial score (nSPS) is 12.9. The predicted molar refractivity (Wildman–Crippen MR) is 141 cm³/mol. The number of rotatable bonds is 6. The van der Waals surface area contributed by atoms with E-state index in [2.05, 4.69) is 33.8 Å². The van der Waals surface area contributed by atoms with E-state index >= 15 is 0 Å². The minimum atomic E-state index is -0.132. The fourth-order valence-electron chi connectivity index (χ4n) is 3.66. The van der Waals surface area contributed by atoms with Gasteiger partial charge in [-0.05, 0) is 78.1 Å². The smallest absolute Gasteiger partial charge is 0.259 e. The SMILES string of the molecule is C#CCOc1c(I)cc(Cl)cc1C=Nc1sc2c(c1C(=O)Nc1ccccc1)CCCC2. The summed E-state index contributed by atoms with van der Waals surface area (Å²) in [5.41, 5.74) is 3.26. The van der Waals surface area contributed by atoms with Crippen molar-refractivity contribution in [2.24, 2.45) is 4.99 Å². The van der Waals surface area contributed by atoms with Crippen molar-refractivity contribution in [1.82, 2.24) is 0 Å². The Balaban J connectivity index is 1.72. The van der Waals surface area contributed by atoms with Crippen molar-refractivity contribution in [3.05, 3.63) is 72.6 Å². The van der Waals surface area contributed by atoms with Crippen molar-refractivity contribution < 1.29 is 9.53 Å². The highest BCUT2D eigenvalue weighted by molar-refractivity contribution is 14.1. The number of thiophene rings is 1. The lowest BCUT2D eigenvalue weighted by Gasteiger charge is -2.13. The Kier molecular flexibility index (Phi) is 7.51. The maximum atomic E-state index is 13.2. The number of fused-ring (bicyclic) bond motifs is 1. The zero-order chi connectivity index (χ0) is 22.5. The number of carbonyl (C=O) groups is 1. The van der Waals surface area contributed by atoms with E-state index < -0.39 is 0 Å². The molecule has 3 aromatic rings. The van der Waals surface area contributed by atoms with E-state index in [1.807, 2.05) is 36.4 Å². The van der Waals surface area contributed by atoms with Crippen LogP contribution in [0.4, 0.5) is 10.7 Å². The summed E-state index contributed by atoms with van der Waals surface area (Å²) in [6, 6.07) is 13.1. The Morgan fingerprint density at radius 2 is 2.06 bits per heavy atom. The number of para-hydroxylation sites is 1. The summed E-state index contributed by atoms with van der Waals surface area (Å²) in [5, 5.41) is 4.29. The number of hydrogen-bond acceptors (Lipinski definition) is 4. The number of hydrogen-bond donors (Lipinski definition) is 1. The first kappa shape index (κ1) is 22.8. The molecule has 2 aromatic carbocycles. The average molecular weight is 575 g/mol. The van der Waals surface area contributed by atoms with Crippen LogP contribution in [0.3, 0.4) is 0 Å². The van der Waals surface area contributed by atoms with Crippen molar-refractivity contribution in [1.29, 1.82) is 0 Å². The molecule has 0 spiro atoms. The van der Waals surface area contributed by atoms with E-state index in [4.69, 9.17) is 27.8 Å². The molecule has 0 radical (unpaired) electrons. The molecule has 162 valence electrons. The van der Waals surface area contributed by atoms with Crippen LogP contribution in [0.5, 0.6) is 5.75 Å². The van der Waals surface area contributed by atoms with Crippen LogP contribution in [-0.2, 0) is 12.8 Å². The number of aryl methyl sites for hydroxylation is 1. The summed E-state index contributed by atoms with van der Waals surface area (Å²) >= 11 is 10.0. The van der Waals surface area contributed by atoms with Gasteiger partial charge in [0.25, 0.3) is 5.91 Å². The number of anilines is 1. The van der Waals surface area contributed by atoms with Gasteiger partial charge in [-0.2, -0.15) is 0 Å². The third-order valence-electron chi connectivity index (χ3n) is 5.07. The number of ether oxygens (including phenoxy) is 1. The lowest BCUT2D eigenvalue weighted by Crippen LogP contribution is -2.14. The Morgan fingerprint density at radius 3 is 2.84 bits per heavy atom. The van der Waals surface area contributed by atoms with E-state index in [1.165, 1.54) is 4.88 Å². The van der Waals surface area contributed by atoms with Crippen molar-refractivity contribution in [3.63, 3.8) is 0 Å². The highest BCUT2D eigenvalue weighted by atomic mass is 127. The first-order chi connectivity index (χ1) is 15.6. The summed E-state index contributed by atoms with van der Waals surface area (Å²) in [6.07, 6.45) is 11.2. The molecule has 7 heteroatoms. The van der Waals surface area contributed by atoms with Gasteiger partial charge in [-0.15, -0.1) is 17.8 Å². The van der Waals surface area contributed by atoms with Gasteiger partial charge in [0.05, 0.1) is 9.13 Å². The zero-order valence-electron chi connectivity index (χ0n) is 17.2. The summed E-state index contributed by atoms with van der Waals surface area (Å²) in [6.45, 7) is 0.149. The molecule has 0 aliphatic heterocycles. The van der Waals surface area contributed by atoms with Gasteiger partial charge in [-0.25, -0.2) is 4.99 Å². The van der Waals surface area contributed by atoms with E-state index in [1.54, 1.807) is 23.6 Å². The van der Waals surface area contributed by atoms with Crippen LogP contribution in [0, 0.1) is 15.9 Å². The van der Waals surface area contributed by atoms with Gasteiger partial charge in [-0.1, -0.05) is 35.7 Å². The van der Waals surface area contributed by atoms with Gasteiger partial charge in [0, 0.05) is 27.4 Å². The molecule has 0 saturated carbocycles. The third kappa shape index (κ3) is 5.17. The van der Waals surface area contributed by atoms with Crippen molar-refractivity contribution in [2.45, 2.75) is 25.7 Å². The Bertz CT molecular complexity index is 1210. The zero-order valence-corrected chi connectivity index (χ0v) is 20.9. The van der Waals surface area contributed by atoms with Crippen molar-refractivity contribution >= 4 is 68.3 Å². The maximum Gasteiger partial charge on any atom is 0.259 e. The quantitative estimate of drug-likeness (QED) is 0.198. The number of amides is 1. The molecule has 4 nitrogen and oxygen atoms in total. The molecule has 4 rings (SSSR count). The van der Waals surface area contributed by atoms with Gasteiger partial charge in [0.2, 0.25) is 0 Å². The van der Waals surface area contributed by atoms with Crippen LogP contribution in [0.2, 0.25) is 5.02 Å². The van der Waals surface area contributed by atoms with Crippen molar-refractivity contribution in [2.75, 3.05) is 11.9 Å². The van der Waals surface area contributed by atoms with Gasteiger partial charge in [-0.3, -0.25) is 4.79 Å². The van der Waals surface area contributed by atoms with Gasteiger partial charge < -0.3 is 10.1 Å². The van der Waals surface area contributed by atoms with Gasteiger partial charge >= 0.3 is 0 Å². The molecule has 0 fully saturated rings. The van der Waals surface area contributed by atoms with Crippen LogP contribution in [0.1, 0.15) is 39.2 Å². The topological polar surface area (TPSA) is 50.7 Å². The first-order valence-electron chi connectivity index (χ1n) is 10.2. The minimum Gasteiger partial charge on any atom is -0.479 e. The standard InChI is InChI=1S/C25H20ClIN2O2S/c1-2-12-31-23-16(13-17(26)14-20(23)27)15-28-25-22(19-10-6-7-11-21(19)32-25)24(30)29-18-8-4-3-5-9-18/h1,3-5,8-9,13-15H,6-7,10-12H2,(H,29,30). The molecular formula is C25H20ClIN2O2S. The first-order valence-corrected chi connectivity index (χ1v) is 12.4. The summed E-state index contributed by atoms with van der Waals surface area (Å²) in [5.74, 6) is 2.99. The second-order valence-electron chi connectivity index (χ2n) is 7.27. The number of carbonyl (C=O) groups excluding carboxylic acids is 1. The van der Waals surface area contributed by atoms with Gasteiger partial charge in [0.1, 0.15) is 17.4 Å². The lowest BCUT2D eigenvalue weighted by molar-refractivity contribution is 0.102. The van der Waals surface area contributed by atoms with Gasteiger partial charge in [0.15, 0.2) is 0 Å². The number of terminal acetylenes is 1. The van der Waals surface area contributed by atoms with Crippen LogP contribution >= 0.6 is 45.5 Å². The molecule has 1 aromatic heterocycles. The summed E-state index contributed by atoms with van der Waals surface area (Å²) in [4.78, 5) is 19.2. The van der Waals surface area contributed by atoms with E-state index in [9.17, 15) is 4.79 Å². The van der Waals surface area contributed by atoms with E-state index in [0.29, 0.717) is 21.3 Å². The highest BCUT2D eigenvalue weighted by Gasteiger charge is 2.25. The van der Waals surface area contributed by atoms with E-state index in [0.717, 1.165) is 46.1 Å². The fourth-order valence-corrected chi connectivity index (χ4v) is 6.11. The number of aliphatic imine (C=N–C) groups is 1. The van der Waals surface area contributed by atoms with Crippen LogP contribution in [-0.4, -0.2) is 18.7 Å². The second-order valence-corrected chi connectivity index (χ2v) is 9.95. The fraction of sp³-hybridized carbons (Fsp3) is 0.200. The minimum absolute atomic E-state index is 0.132. The Morgan fingerprint density at radius 1 is 1.28 bits per heavy atom. The molecule has 1 heterocycles. The largest absolute Gasteiger partial charge is 0.479 e. The highest BCUT2D eigenvalue weighted by Crippen LogP contribution is 2.40. The Labute approximate surface area is 210 Å². The molecule has 0 bridgehead atoms. The molecule has 0 unspecified atom stereocenters. The monoisotopic (exact) mass is 574 g/mol.